The topological polar surface area (TPSA) is 59.6 Å². The van der Waals surface area contributed by atoms with E-state index in [0.717, 1.165) is 43.9 Å². The number of ketones is 1. The predicted octanol–water partition coefficient (Wildman–Crippen LogP) is 1.54. The average molecular weight is 318 g/mol. The molecular formula is C18H26N2O3. The second-order valence-corrected chi connectivity index (χ2v) is 6.80. The van der Waals surface area contributed by atoms with Crippen molar-refractivity contribution in [1.82, 2.24) is 10.6 Å². The van der Waals surface area contributed by atoms with Gasteiger partial charge in [0.1, 0.15) is 0 Å². The Bertz CT molecular complexity index is 530. The van der Waals surface area contributed by atoms with Crippen molar-refractivity contribution in [3.05, 3.63) is 35.4 Å². The fourth-order valence-electron chi connectivity index (χ4n) is 3.18. The van der Waals surface area contributed by atoms with E-state index in [-0.39, 0.29) is 18.0 Å². The summed E-state index contributed by atoms with van der Waals surface area (Å²) in [5, 5.41) is 6.62. The monoisotopic (exact) mass is 318 g/mol. The highest BCUT2D eigenvalue weighted by Crippen LogP contribution is 2.30. The molecule has 2 saturated heterocycles. The molecule has 1 aromatic rings. The number of Topliss-reactive ketones (excluding diaryl/α,β-unsaturated/α-hetero) is 1. The summed E-state index contributed by atoms with van der Waals surface area (Å²) >= 11 is 0. The van der Waals surface area contributed by atoms with Crippen LogP contribution in [0, 0.1) is 5.41 Å². The number of carbonyl (C=O) groups is 1. The summed E-state index contributed by atoms with van der Waals surface area (Å²) in [6.45, 7) is 8.61. The van der Waals surface area contributed by atoms with E-state index in [1.807, 2.05) is 38.1 Å². The van der Waals surface area contributed by atoms with Crippen LogP contribution in [0.2, 0.25) is 0 Å². The quantitative estimate of drug-likeness (QED) is 0.825. The van der Waals surface area contributed by atoms with Crippen molar-refractivity contribution < 1.29 is 14.3 Å². The van der Waals surface area contributed by atoms with Gasteiger partial charge in [0.05, 0.1) is 30.8 Å². The number of ether oxygens (including phenoxy) is 2. The maximum Gasteiger partial charge on any atom is 0.171 e. The van der Waals surface area contributed by atoms with Crippen molar-refractivity contribution in [2.75, 3.05) is 39.4 Å². The minimum absolute atomic E-state index is 0.0757. The molecule has 2 N–H and O–H groups in total. The van der Waals surface area contributed by atoms with Crippen LogP contribution >= 0.6 is 0 Å². The Morgan fingerprint density at radius 3 is 2.26 bits per heavy atom. The maximum atomic E-state index is 12.9. The lowest BCUT2D eigenvalue weighted by molar-refractivity contribution is -0.0324. The van der Waals surface area contributed by atoms with Crippen molar-refractivity contribution in [1.29, 1.82) is 0 Å². The van der Waals surface area contributed by atoms with Gasteiger partial charge in [0.25, 0.3) is 0 Å². The molecule has 0 bridgehead atoms. The van der Waals surface area contributed by atoms with Gasteiger partial charge in [0.15, 0.2) is 5.78 Å². The Balaban J connectivity index is 1.71. The average Bonchev–Trinajstić information content (AvgIpc) is 2.63. The van der Waals surface area contributed by atoms with Crippen LogP contribution in [0.15, 0.2) is 24.3 Å². The van der Waals surface area contributed by atoms with Crippen LogP contribution < -0.4 is 10.6 Å². The lowest BCUT2D eigenvalue weighted by Gasteiger charge is -2.36. The Morgan fingerprint density at radius 1 is 1.04 bits per heavy atom. The van der Waals surface area contributed by atoms with Gasteiger partial charge in [-0.05, 0) is 19.4 Å². The van der Waals surface area contributed by atoms with Crippen LogP contribution in [-0.2, 0) is 9.47 Å². The number of rotatable bonds is 4. The first-order chi connectivity index (χ1) is 11.1. The number of hydrogen-bond acceptors (Lipinski definition) is 5. The molecule has 2 aliphatic rings. The predicted molar refractivity (Wildman–Crippen MR) is 88.7 cm³/mol. The molecule has 2 atom stereocenters. The van der Waals surface area contributed by atoms with E-state index in [1.165, 1.54) is 0 Å². The van der Waals surface area contributed by atoms with Crippen LogP contribution in [-0.4, -0.2) is 51.3 Å². The van der Waals surface area contributed by atoms with Gasteiger partial charge < -0.3 is 20.1 Å². The number of benzene rings is 1. The number of hydrogen-bond donors (Lipinski definition) is 2. The standard InChI is InChI=1S/C18H26N2O3/c1-18(2,16-12-20-8-10-23-16)17(21)14-5-3-13(4-6-14)15-11-19-7-9-22-15/h3-6,15-16,19-20H,7-12H2,1-2H3. The molecule has 5 heteroatoms. The highest BCUT2D eigenvalue weighted by atomic mass is 16.5. The number of morpholine rings is 2. The first-order valence-electron chi connectivity index (χ1n) is 8.38. The largest absolute Gasteiger partial charge is 0.375 e. The zero-order valence-electron chi connectivity index (χ0n) is 13.9. The lowest BCUT2D eigenvalue weighted by atomic mass is 9.78. The van der Waals surface area contributed by atoms with Crippen molar-refractivity contribution in [2.45, 2.75) is 26.1 Å². The molecule has 2 aliphatic heterocycles. The summed E-state index contributed by atoms with van der Waals surface area (Å²) in [6.07, 6.45) is -0.0129. The minimum Gasteiger partial charge on any atom is -0.375 e. The fraction of sp³-hybridized carbons (Fsp3) is 0.611. The van der Waals surface area contributed by atoms with E-state index in [4.69, 9.17) is 9.47 Å². The highest BCUT2D eigenvalue weighted by Gasteiger charge is 2.38. The first kappa shape index (κ1) is 16.6. The van der Waals surface area contributed by atoms with Gasteiger partial charge in [-0.2, -0.15) is 0 Å². The van der Waals surface area contributed by atoms with Crippen molar-refractivity contribution in [3.63, 3.8) is 0 Å². The molecule has 1 aromatic carbocycles. The summed E-state index contributed by atoms with van der Waals surface area (Å²) in [7, 11) is 0. The molecule has 2 fully saturated rings. The summed E-state index contributed by atoms with van der Waals surface area (Å²) in [5.41, 5.74) is 1.30. The SMILES string of the molecule is CC(C)(C(=O)c1ccc(C2CNCCO2)cc1)C1CNCCO1. The molecule has 2 heterocycles. The van der Waals surface area contributed by atoms with Gasteiger partial charge in [-0.1, -0.05) is 24.3 Å². The van der Waals surface area contributed by atoms with Gasteiger partial charge in [0.2, 0.25) is 0 Å². The third-order valence-corrected chi connectivity index (χ3v) is 4.79. The third-order valence-electron chi connectivity index (χ3n) is 4.79. The molecule has 0 aromatic heterocycles. The molecule has 0 radical (unpaired) electrons. The van der Waals surface area contributed by atoms with E-state index in [9.17, 15) is 4.79 Å². The zero-order valence-corrected chi connectivity index (χ0v) is 13.9. The summed E-state index contributed by atoms with van der Waals surface area (Å²) in [6, 6.07) is 7.82. The van der Waals surface area contributed by atoms with Crippen LogP contribution in [0.5, 0.6) is 0 Å². The zero-order chi connectivity index (χ0) is 16.3. The van der Waals surface area contributed by atoms with Gasteiger partial charge >= 0.3 is 0 Å². The molecule has 0 amide bonds. The number of nitrogens with one attached hydrogen (secondary N) is 2. The van der Waals surface area contributed by atoms with E-state index >= 15 is 0 Å². The molecule has 5 nitrogen and oxygen atoms in total. The van der Waals surface area contributed by atoms with Gasteiger partial charge in [0, 0.05) is 31.7 Å². The van der Waals surface area contributed by atoms with Crippen LogP contribution in [0.3, 0.4) is 0 Å². The van der Waals surface area contributed by atoms with Gasteiger partial charge in [-0.15, -0.1) is 0 Å². The summed E-state index contributed by atoms with van der Waals surface area (Å²) in [4.78, 5) is 12.9. The molecule has 2 unspecified atom stereocenters. The maximum absolute atomic E-state index is 12.9. The third kappa shape index (κ3) is 3.63. The molecule has 0 saturated carbocycles. The minimum atomic E-state index is -0.544. The van der Waals surface area contributed by atoms with Crippen LogP contribution in [0.25, 0.3) is 0 Å². The summed E-state index contributed by atoms with van der Waals surface area (Å²) in [5.74, 6) is 0.125. The molecule has 3 rings (SSSR count). The second kappa shape index (κ2) is 7.09. The Hall–Kier alpha value is -1.27. The van der Waals surface area contributed by atoms with E-state index in [0.29, 0.717) is 6.61 Å². The molecule has 126 valence electrons. The van der Waals surface area contributed by atoms with Gasteiger partial charge in [-0.3, -0.25) is 4.79 Å². The van der Waals surface area contributed by atoms with Crippen LogP contribution in [0.1, 0.15) is 35.9 Å². The normalized spacial score (nSPS) is 26.0. The fourth-order valence-corrected chi connectivity index (χ4v) is 3.18. The van der Waals surface area contributed by atoms with E-state index in [1.54, 1.807) is 0 Å². The Morgan fingerprint density at radius 2 is 1.70 bits per heavy atom. The van der Waals surface area contributed by atoms with Gasteiger partial charge in [-0.25, -0.2) is 0 Å². The van der Waals surface area contributed by atoms with Crippen molar-refractivity contribution >= 4 is 5.78 Å². The number of carbonyl (C=O) groups excluding carboxylic acids is 1. The smallest absolute Gasteiger partial charge is 0.171 e. The summed E-state index contributed by atoms with van der Waals surface area (Å²) < 4.78 is 11.5. The van der Waals surface area contributed by atoms with Crippen molar-refractivity contribution in [3.8, 4) is 0 Å². The molecule has 23 heavy (non-hydrogen) atoms. The first-order valence-corrected chi connectivity index (χ1v) is 8.38. The van der Waals surface area contributed by atoms with Crippen LogP contribution in [0.4, 0.5) is 0 Å². The molecule has 0 spiro atoms. The van der Waals surface area contributed by atoms with E-state index in [2.05, 4.69) is 10.6 Å². The Labute approximate surface area is 137 Å². The highest BCUT2D eigenvalue weighted by molar-refractivity contribution is 6.00. The second-order valence-electron chi connectivity index (χ2n) is 6.80. The lowest BCUT2D eigenvalue weighted by Crippen LogP contribution is -2.49. The Kier molecular flexibility index (Phi) is 5.11. The van der Waals surface area contributed by atoms with E-state index < -0.39 is 5.41 Å². The van der Waals surface area contributed by atoms with Crippen molar-refractivity contribution in [2.24, 2.45) is 5.41 Å². The molecular weight excluding hydrogens is 292 g/mol. The molecule has 0 aliphatic carbocycles.